The van der Waals surface area contributed by atoms with Crippen LogP contribution in [0, 0.1) is 20.2 Å². The van der Waals surface area contributed by atoms with Crippen LogP contribution in [0.2, 0.25) is 5.02 Å². The molecule has 3 rings (SSSR count). The molecule has 0 N–H and O–H groups in total. The normalized spacial score (nSPS) is 10.9. The highest BCUT2D eigenvalue weighted by atomic mass is 35.5. The third-order valence-electron chi connectivity index (χ3n) is 4.24. The number of rotatable bonds is 7. The average molecular weight is 426 g/mol. The number of non-ortho nitro benzene ring substituents is 1. The summed E-state index contributed by atoms with van der Waals surface area (Å²) in [6.45, 7) is 2.06. The van der Waals surface area contributed by atoms with E-state index in [0.717, 1.165) is 24.2 Å². The molecule has 0 radical (unpaired) electrons. The van der Waals surface area contributed by atoms with E-state index in [1.165, 1.54) is 11.6 Å². The van der Waals surface area contributed by atoms with Gasteiger partial charge in [-0.1, -0.05) is 30.7 Å². The number of aliphatic imine (C=N–C) groups is 1. The second-order valence-electron chi connectivity index (χ2n) is 6.23. The predicted molar refractivity (Wildman–Crippen MR) is 114 cm³/mol. The van der Waals surface area contributed by atoms with Gasteiger partial charge in [0.15, 0.2) is 0 Å². The Morgan fingerprint density at radius 2 is 1.67 bits per heavy atom. The molecule has 0 atom stereocenters. The van der Waals surface area contributed by atoms with Crippen molar-refractivity contribution in [3.63, 3.8) is 0 Å². The van der Waals surface area contributed by atoms with E-state index in [1.54, 1.807) is 24.4 Å². The van der Waals surface area contributed by atoms with Crippen molar-refractivity contribution >= 4 is 34.9 Å². The summed E-state index contributed by atoms with van der Waals surface area (Å²) in [4.78, 5) is 25.2. The molecule has 0 saturated heterocycles. The van der Waals surface area contributed by atoms with E-state index in [1.807, 2.05) is 24.3 Å². The summed E-state index contributed by atoms with van der Waals surface area (Å²) in [7, 11) is 0. The summed E-state index contributed by atoms with van der Waals surface area (Å²) >= 11 is 6.08. The number of nitrogens with zero attached hydrogens (tertiary/aromatic N) is 3. The van der Waals surface area contributed by atoms with E-state index in [4.69, 9.17) is 16.3 Å². The molecule has 0 aliphatic carbocycles. The summed E-state index contributed by atoms with van der Waals surface area (Å²) in [5.41, 5.74) is 1.49. The fourth-order valence-corrected chi connectivity index (χ4v) is 2.82. The minimum atomic E-state index is -0.735. The van der Waals surface area contributed by atoms with Crippen LogP contribution in [0.4, 0.5) is 17.1 Å². The number of hydrogen-bond donors (Lipinski definition) is 0. The number of ether oxygens (including phenoxy) is 1. The molecule has 0 aliphatic heterocycles. The van der Waals surface area contributed by atoms with Crippen molar-refractivity contribution in [2.24, 2.45) is 4.99 Å². The molecule has 0 saturated carbocycles. The molecule has 3 aromatic carbocycles. The lowest BCUT2D eigenvalue weighted by Gasteiger charge is -2.09. The second kappa shape index (κ2) is 9.15. The SMILES string of the molecule is CCc1ccc(N=Cc2cc(Cl)ccc2Oc2ccc([N+](=O)[O-])cc2[N+](=O)[O-])cc1. The minimum Gasteiger partial charge on any atom is -0.449 e. The highest BCUT2D eigenvalue weighted by Gasteiger charge is 2.21. The van der Waals surface area contributed by atoms with Gasteiger partial charge in [-0.3, -0.25) is 25.2 Å². The maximum Gasteiger partial charge on any atom is 0.318 e. The molecule has 0 bridgehead atoms. The highest BCUT2D eigenvalue weighted by Crippen LogP contribution is 2.36. The smallest absolute Gasteiger partial charge is 0.318 e. The van der Waals surface area contributed by atoms with Gasteiger partial charge in [-0.2, -0.15) is 0 Å². The van der Waals surface area contributed by atoms with E-state index < -0.39 is 21.2 Å². The Kier molecular flexibility index (Phi) is 6.38. The molecular formula is C21H16ClN3O5. The first-order chi connectivity index (χ1) is 14.4. The monoisotopic (exact) mass is 425 g/mol. The van der Waals surface area contributed by atoms with Crippen LogP contribution in [-0.4, -0.2) is 16.1 Å². The molecule has 3 aromatic rings. The van der Waals surface area contributed by atoms with E-state index in [0.29, 0.717) is 10.6 Å². The maximum atomic E-state index is 11.3. The van der Waals surface area contributed by atoms with Crippen molar-refractivity contribution in [3.05, 3.63) is 97.0 Å². The third kappa shape index (κ3) is 4.98. The van der Waals surface area contributed by atoms with Crippen molar-refractivity contribution in [1.82, 2.24) is 0 Å². The van der Waals surface area contributed by atoms with E-state index >= 15 is 0 Å². The quantitative estimate of drug-likeness (QED) is 0.252. The zero-order chi connectivity index (χ0) is 21.7. The molecule has 0 fully saturated rings. The van der Waals surface area contributed by atoms with Gasteiger partial charge in [0.25, 0.3) is 5.69 Å². The van der Waals surface area contributed by atoms with Gasteiger partial charge in [0.1, 0.15) is 5.75 Å². The molecule has 152 valence electrons. The first-order valence-electron chi connectivity index (χ1n) is 8.90. The molecule has 0 amide bonds. The molecule has 0 unspecified atom stereocenters. The molecule has 0 heterocycles. The molecule has 0 aliphatic rings. The van der Waals surface area contributed by atoms with Crippen LogP contribution in [0.3, 0.4) is 0 Å². The Morgan fingerprint density at radius 3 is 2.30 bits per heavy atom. The number of nitro groups is 2. The zero-order valence-corrected chi connectivity index (χ0v) is 16.6. The van der Waals surface area contributed by atoms with Gasteiger partial charge in [-0.25, -0.2) is 0 Å². The van der Waals surface area contributed by atoms with Gasteiger partial charge in [0.2, 0.25) is 5.75 Å². The Hall–Kier alpha value is -3.78. The summed E-state index contributed by atoms with van der Waals surface area (Å²) in [6, 6.07) is 15.6. The van der Waals surface area contributed by atoms with Gasteiger partial charge in [0, 0.05) is 22.9 Å². The first kappa shape index (κ1) is 20.9. The fraction of sp³-hybridized carbons (Fsp3) is 0.0952. The lowest BCUT2D eigenvalue weighted by molar-refractivity contribution is -0.394. The molecule has 0 spiro atoms. The topological polar surface area (TPSA) is 108 Å². The van der Waals surface area contributed by atoms with Crippen molar-refractivity contribution in [2.45, 2.75) is 13.3 Å². The van der Waals surface area contributed by atoms with Crippen LogP contribution >= 0.6 is 11.6 Å². The van der Waals surface area contributed by atoms with Gasteiger partial charge in [-0.05, 0) is 48.4 Å². The third-order valence-corrected chi connectivity index (χ3v) is 4.47. The van der Waals surface area contributed by atoms with Crippen LogP contribution in [-0.2, 0) is 6.42 Å². The first-order valence-corrected chi connectivity index (χ1v) is 9.28. The molecular weight excluding hydrogens is 410 g/mol. The maximum absolute atomic E-state index is 11.3. The molecule has 9 heteroatoms. The van der Waals surface area contributed by atoms with Crippen LogP contribution in [0.15, 0.2) is 65.7 Å². The molecule has 0 aromatic heterocycles. The number of halogens is 1. The standard InChI is InChI=1S/C21H16ClN3O5/c1-2-14-3-6-17(7-4-14)23-13-15-11-16(22)5-9-20(15)30-21-10-8-18(24(26)27)12-19(21)25(28)29/h3-13H,2H2,1H3. The van der Waals surface area contributed by atoms with Crippen molar-refractivity contribution in [2.75, 3.05) is 0 Å². The Labute approximate surface area is 176 Å². The van der Waals surface area contributed by atoms with Crippen molar-refractivity contribution < 1.29 is 14.6 Å². The largest absolute Gasteiger partial charge is 0.449 e. The Bertz CT molecular complexity index is 1130. The molecule has 8 nitrogen and oxygen atoms in total. The number of nitro benzene ring substituents is 2. The van der Waals surface area contributed by atoms with E-state index in [9.17, 15) is 20.2 Å². The summed E-state index contributed by atoms with van der Waals surface area (Å²) in [5, 5.41) is 22.7. The fourth-order valence-electron chi connectivity index (χ4n) is 2.64. The van der Waals surface area contributed by atoms with Crippen LogP contribution in [0.25, 0.3) is 0 Å². The zero-order valence-electron chi connectivity index (χ0n) is 15.8. The van der Waals surface area contributed by atoms with Crippen molar-refractivity contribution in [3.8, 4) is 11.5 Å². The average Bonchev–Trinajstić information content (AvgIpc) is 2.74. The van der Waals surface area contributed by atoms with E-state index in [-0.39, 0.29) is 11.5 Å². The number of hydrogen-bond acceptors (Lipinski definition) is 6. The predicted octanol–water partition coefficient (Wildman–Crippen LogP) is 6.26. The van der Waals surface area contributed by atoms with Crippen LogP contribution in [0.1, 0.15) is 18.1 Å². The molecule has 30 heavy (non-hydrogen) atoms. The minimum absolute atomic E-state index is 0.130. The second-order valence-corrected chi connectivity index (χ2v) is 6.67. The van der Waals surface area contributed by atoms with Crippen LogP contribution in [0.5, 0.6) is 11.5 Å². The van der Waals surface area contributed by atoms with Crippen molar-refractivity contribution in [1.29, 1.82) is 0 Å². The Balaban J connectivity index is 1.95. The number of aryl methyl sites for hydroxylation is 1. The van der Waals surface area contributed by atoms with Gasteiger partial charge < -0.3 is 4.74 Å². The highest BCUT2D eigenvalue weighted by molar-refractivity contribution is 6.30. The van der Waals surface area contributed by atoms with E-state index in [2.05, 4.69) is 11.9 Å². The van der Waals surface area contributed by atoms with Gasteiger partial charge >= 0.3 is 5.69 Å². The Morgan fingerprint density at radius 1 is 0.967 bits per heavy atom. The van der Waals surface area contributed by atoms with Crippen LogP contribution < -0.4 is 4.74 Å². The number of benzene rings is 3. The summed E-state index contributed by atoms with van der Waals surface area (Å²) in [6.07, 6.45) is 2.46. The summed E-state index contributed by atoms with van der Waals surface area (Å²) < 4.78 is 5.70. The lowest BCUT2D eigenvalue weighted by Crippen LogP contribution is -1.97. The van der Waals surface area contributed by atoms with Gasteiger partial charge in [-0.15, -0.1) is 0 Å². The summed E-state index contributed by atoms with van der Waals surface area (Å²) in [5.74, 6) is 0.139. The van der Waals surface area contributed by atoms with Gasteiger partial charge in [0.05, 0.1) is 21.6 Å². The lowest BCUT2D eigenvalue weighted by atomic mass is 10.1.